The van der Waals surface area contributed by atoms with Crippen molar-refractivity contribution in [2.45, 2.75) is 32.2 Å². The molecule has 0 radical (unpaired) electrons. The number of nitrogens with one attached hydrogen (secondary N) is 1. The van der Waals surface area contributed by atoms with E-state index < -0.39 is 5.97 Å². The smallest absolute Gasteiger partial charge is 0.323 e. The molecule has 2 amide bonds. The van der Waals surface area contributed by atoms with E-state index in [4.69, 9.17) is 9.84 Å². The summed E-state index contributed by atoms with van der Waals surface area (Å²) < 4.78 is 5.24. The number of carbonyl (C=O) groups excluding carboxylic acids is 1. The van der Waals surface area contributed by atoms with E-state index in [1.165, 1.54) is 4.90 Å². The van der Waals surface area contributed by atoms with Crippen molar-refractivity contribution in [1.29, 1.82) is 0 Å². The number of amides is 2. The molecule has 1 aliphatic rings. The minimum Gasteiger partial charge on any atom is -0.480 e. The first kappa shape index (κ1) is 13.8. The Morgan fingerprint density at radius 2 is 2.00 bits per heavy atom. The van der Waals surface area contributed by atoms with Crippen LogP contribution in [0.5, 0.6) is 0 Å². The summed E-state index contributed by atoms with van der Waals surface area (Å²) in [6.45, 7) is 5.08. The summed E-state index contributed by atoms with van der Waals surface area (Å²) >= 11 is 0. The summed E-state index contributed by atoms with van der Waals surface area (Å²) in [5.41, 5.74) is -0.290. The lowest BCUT2D eigenvalue weighted by atomic mass is 9.93. The highest BCUT2D eigenvalue weighted by molar-refractivity contribution is 5.80. The van der Waals surface area contributed by atoms with Gasteiger partial charge in [-0.05, 0) is 26.7 Å². The molecule has 6 heteroatoms. The molecule has 1 aliphatic heterocycles. The maximum absolute atomic E-state index is 11.9. The molecule has 0 unspecified atom stereocenters. The highest BCUT2D eigenvalue weighted by atomic mass is 16.5. The molecule has 0 atom stereocenters. The molecule has 6 nitrogen and oxygen atoms in total. The van der Waals surface area contributed by atoms with E-state index >= 15 is 0 Å². The number of likely N-dealkylation sites (N-methyl/N-ethyl adjacent to an activating group) is 1. The number of urea groups is 1. The molecule has 2 N–H and O–H groups in total. The van der Waals surface area contributed by atoms with Gasteiger partial charge in [0.25, 0.3) is 0 Å². The molecular formula is C11H20N2O4. The Labute approximate surface area is 101 Å². The van der Waals surface area contributed by atoms with Gasteiger partial charge in [0.1, 0.15) is 6.54 Å². The van der Waals surface area contributed by atoms with Crippen molar-refractivity contribution < 1.29 is 19.4 Å². The third kappa shape index (κ3) is 4.22. The Morgan fingerprint density at radius 3 is 2.47 bits per heavy atom. The van der Waals surface area contributed by atoms with Crippen LogP contribution in [-0.2, 0) is 9.53 Å². The summed E-state index contributed by atoms with van der Waals surface area (Å²) in [6.07, 6.45) is 1.51. The molecule has 0 saturated carbocycles. The number of hydrogen-bond donors (Lipinski definition) is 2. The van der Waals surface area contributed by atoms with Crippen molar-refractivity contribution in [3.05, 3.63) is 0 Å². The zero-order chi connectivity index (χ0) is 12.9. The average Bonchev–Trinajstić information content (AvgIpc) is 2.25. The van der Waals surface area contributed by atoms with Crippen LogP contribution in [0.2, 0.25) is 0 Å². The topological polar surface area (TPSA) is 78.9 Å². The van der Waals surface area contributed by atoms with E-state index in [0.717, 1.165) is 12.8 Å². The fourth-order valence-corrected chi connectivity index (χ4v) is 1.77. The lowest BCUT2D eigenvalue weighted by Gasteiger charge is -2.36. The Kier molecular flexibility index (Phi) is 4.74. The first-order chi connectivity index (χ1) is 7.97. The zero-order valence-corrected chi connectivity index (χ0v) is 10.4. The lowest BCUT2D eigenvalue weighted by Crippen LogP contribution is -2.54. The Bertz CT molecular complexity index is 287. The van der Waals surface area contributed by atoms with Crippen molar-refractivity contribution in [2.75, 3.05) is 26.3 Å². The molecule has 1 fully saturated rings. The van der Waals surface area contributed by atoms with Gasteiger partial charge in [0.15, 0.2) is 0 Å². The number of rotatable bonds is 4. The Balaban J connectivity index is 2.53. The monoisotopic (exact) mass is 244 g/mol. The minimum atomic E-state index is -1.00. The largest absolute Gasteiger partial charge is 0.480 e. The van der Waals surface area contributed by atoms with Gasteiger partial charge in [-0.2, -0.15) is 0 Å². The van der Waals surface area contributed by atoms with E-state index in [1.807, 2.05) is 6.92 Å². The number of carboxylic acids is 1. The van der Waals surface area contributed by atoms with Gasteiger partial charge >= 0.3 is 12.0 Å². The highest BCUT2D eigenvalue weighted by Crippen LogP contribution is 2.19. The van der Waals surface area contributed by atoms with Gasteiger partial charge in [0.05, 0.1) is 0 Å². The van der Waals surface area contributed by atoms with E-state index in [2.05, 4.69) is 5.32 Å². The van der Waals surface area contributed by atoms with Gasteiger partial charge in [0.2, 0.25) is 0 Å². The van der Waals surface area contributed by atoms with Crippen molar-refractivity contribution in [3.8, 4) is 0 Å². The van der Waals surface area contributed by atoms with Gasteiger partial charge < -0.3 is 20.1 Å². The quantitative estimate of drug-likeness (QED) is 0.762. The predicted molar refractivity (Wildman–Crippen MR) is 61.9 cm³/mol. The Morgan fingerprint density at radius 1 is 1.41 bits per heavy atom. The van der Waals surface area contributed by atoms with Crippen LogP contribution in [0.3, 0.4) is 0 Å². The van der Waals surface area contributed by atoms with Crippen LogP contribution in [0.15, 0.2) is 0 Å². The van der Waals surface area contributed by atoms with Crippen LogP contribution >= 0.6 is 0 Å². The fourth-order valence-electron chi connectivity index (χ4n) is 1.77. The third-order valence-corrected chi connectivity index (χ3v) is 3.00. The van der Waals surface area contributed by atoms with Crippen molar-refractivity contribution in [1.82, 2.24) is 10.2 Å². The molecule has 98 valence electrons. The lowest BCUT2D eigenvalue weighted by molar-refractivity contribution is -0.137. The number of aliphatic carboxylic acids is 1. The second kappa shape index (κ2) is 5.86. The van der Waals surface area contributed by atoms with E-state index in [9.17, 15) is 9.59 Å². The molecule has 0 aliphatic carbocycles. The van der Waals surface area contributed by atoms with Gasteiger partial charge in [-0.3, -0.25) is 4.79 Å². The van der Waals surface area contributed by atoms with Crippen LogP contribution in [0.25, 0.3) is 0 Å². The third-order valence-electron chi connectivity index (χ3n) is 3.00. The van der Waals surface area contributed by atoms with Gasteiger partial charge in [-0.15, -0.1) is 0 Å². The molecule has 0 aromatic rings. The van der Waals surface area contributed by atoms with E-state index in [0.29, 0.717) is 19.8 Å². The van der Waals surface area contributed by atoms with E-state index in [1.54, 1.807) is 6.92 Å². The average molecular weight is 244 g/mol. The molecule has 0 aromatic heterocycles. The van der Waals surface area contributed by atoms with Crippen LogP contribution in [0.1, 0.15) is 26.7 Å². The minimum absolute atomic E-state index is 0.269. The molecule has 1 saturated heterocycles. The van der Waals surface area contributed by atoms with Crippen LogP contribution in [0.4, 0.5) is 4.79 Å². The van der Waals surface area contributed by atoms with Crippen LogP contribution in [-0.4, -0.2) is 53.8 Å². The van der Waals surface area contributed by atoms with Crippen molar-refractivity contribution in [3.63, 3.8) is 0 Å². The van der Waals surface area contributed by atoms with Crippen LogP contribution < -0.4 is 5.32 Å². The number of nitrogens with zero attached hydrogens (tertiary/aromatic N) is 1. The molecule has 0 bridgehead atoms. The summed E-state index contributed by atoms with van der Waals surface area (Å²) in [5, 5.41) is 11.6. The highest BCUT2D eigenvalue weighted by Gasteiger charge is 2.30. The fraction of sp³-hybridized carbons (Fsp3) is 0.818. The predicted octanol–water partition coefficient (Wildman–Crippen LogP) is 0.672. The van der Waals surface area contributed by atoms with Crippen LogP contribution in [0, 0.1) is 0 Å². The first-order valence-electron chi connectivity index (χ1n) is 5.83. The van der Waals surface area contributed by atoms with E-state index in [-0.39, 0.29) is 18.1 Å². The van der Waals surface area contributed by atoms with Gasteiger partial charge in [-0.25, -0.2) is 4.79 Å². The first-order valence-corrected chi connectivity index (χ1v) is 5.83. The SMILES string of the molecule is CCN(CC(=O)O)C(=O)NC1(C)CCOCC1. The summed E-state index contributed by atoms with van der Waals surface area (Å²) in [4.78, 5) is 23.8. The molecule has 0 spiro atoms. The van der Waals surface area contributed by atoms with Crippen molar-refractivity contribution >= 4 is 12.0 Å². The van der Waals surface area contributed by atoms with Gasteiger partial charge in [-0.1, -0.05) is 0 Å². The molecule has 0 aromatic carbocycles. The van der Waals surface area contributed by atoms with Crippen molar-refractivity contribution in [2.24, 2.45) is 0 Å². The second-order valence-electron chi connectivity index (χ2n) is 4.51. The second-order valence-corrected chi connectivity index (χ2v) is 4.51. The maximum atomic E-state index is 11.9. The summed E-state index contributed by atoms with van der Waals surface area (Å²) in [7, 11) is 0. The summed E-state index contributed by atoms with van der Waals surface area (Å²) in [6, 6.07) is -0.320. The Hall–Kier alpha value is -1.30. The van der Waals surface area contributed by atoms with Gasteiger partial charge in [0, 0.05) is 25.3 Å². The number of carboxylic acid groups (broad SMARTS) is 1. The number of ether oxygens (including phenoxy) is 1. The number of carbonyl (C=O) groups is 2. The summed E-state index contributed by atoms with van der Waals surface area (Å²) in [5.74, 6) is -1.00. The standard InChI is InChI=1S/C11H20N2O4/c1-3-13(8-9(14)15)10(16)12-11(2)4-6-17-7-5-11/h3-8H2,1-2H3,(H,12,16)(H,14,15). The molecule has 1 rings (SSSR count). The molecule has 17 heavy (non-hydrogen) atoms. The normalized spacial score (nSPS) is 18.5. The zero-order valence-electron chi connectivity index (χ0n) is 10.4. The molecule has 1 heterocycles. The molecular weight excluding hydrogens is 224 g/mol. The number of hydrogen-bond acceptors (Lipinski definition) is 3. The maximum Gasteiger partial charge on any atom is 0.323 e.